The number of carbonyl (C=O) groups is 1. The Morgan fingerprint density at radius 3 is 2.64 bits per heavy atom. The second-order valence-corrected chi connectivity index (χ2v) is 12.3. The Morgan fingerprint density at radius 2 is 1.89 bits per heavy atom. The Morgan fingerprint density at radius 1 is 1.08 bits per heavy atom. The van der Waals surface area contributed by atoms with Crippen molar-refractivity contribution in [1.82, 2.24) is 5.32 Å². The van der Waals surface area contributed by atoms with Crippen molar-refractivity contribution in [3.05, 3.63) is 65.7 Å². The second-order valence-electron chi connectivity index (χ2n) is 12.3. The zero-order chi connectivity index (χ0) is 25.6. The van der Waals surface area contributed by atoms with Gasteiger partial charge in [-0.2, -0.15) is 0 Å². The summed E-state index contributed by atoms with van der Waals surface area (Å²) in [6.45, 7) is 8.22. The number of hydrogen-bond donors (Lipinski definition) is 2. The Kier molecular flexibility index (Phi) is 8.77. The fourth-order valence-corrected chi connectivity index (χ4v) is 7.27. The third kappa shape index (κ3) is 6.70. The number of aromatic hydroxyl groups is 1. The van der Waals surface area contributed by atoms with E-state index < -0.39 is 0 Å². The van der Waals surface area contributed by atoms with Crippen LogP contribution in [-0.4, -0.2) is 48.2 Å². The molecule has 1 saturated carbocycles. The first kappa shape index (κ1) is 26.7. The minimum Gasteiger partial charge on any atom is -0.508 e. The van der Waals surface area contributed by atoms with E-state index in [1.807, 2.05) is 12.1 Å². The van der Waals surface area contributed by atoms with E-state index in [0.717, 1.165) is 62.4 Å². The van der Waals surface area contributed by atoms with E-state index in [-0.39, 0.29) is 17.4 Å². The zero-order valence-corrected chi connectivity index (χ0v) is 22.7. The molecule has 2 fully saturated rings. The monoisotopic (exact) mass is 491 g/mol. The molecule has 4 atom stereocenters. The smallest absolute Gasteiger partial charge is 0.220 e. The molecule has 36 heavy (non-hydrogen) atoms. The number of phenolic OH excluding ortho intramolecular Hbond substituents is 1. The van der Waals surface area contributed by atoms with Gasteiger partial charge in [-0.15, -0.1) is 0 Å². The highest BCUT2D eigenvalue weighted by atomic mass is 16.3. The highest BCUT2D eigenvalue weighted by Gasteiger charge is 2.52. The molecule has 1 aliphatic carbocycles. The number of benzene rings is 2. The molecule has 0 radical (unpaired) electrons. The molecule has 2 aliphatic rings. The van der Waals surface area contributed by atoms with Crippen molar-refractivity contribution in [3.63, 3.8) is 0 Å². The number of nitrogens with one attached hydrogen (secondary N) is 1. The Balaban J connectivity index is 1.35. The molecule has 4 nitrogen and oxygen atoms in total. The summed E-state index contributed by atoms with van der Waals surface area (Å²) in [6.07, 6.45) is 9.21. The van der Waals surface area contributed by atoms with Gasteiger partial charge in [0.15, 0.2) is 0 Å². The van der Waals surface area contributed by atoms with E-state index in [0.29, 0.717) is 24.0 Å². The third-order valence-electron chi connectivity index (χ3n) is 8.82. The number of unbranched alkanes of at least 4 members (excludes halogenated alkanes) is 2. The fourth-order valence-electron chi connectivity index (χ4n) is 7.27. The van der Waals surface area contributed by atoms with Crippen molar-refractivity contribution in [1.29, 1.82) is 0 Å². The average molecular weight is 492 g/mol. The number of nitrogens with zero attached hydrogens (tertiary/aromatic N) is 1. The maximum Gasteiger partial charge on any atom is 0.220 e. The standard InChI is InChI=1S/C32H46N2O2/c1-25(2)23-34(3)20-19-32(27-14-10-15-30(35)21-27)22-29(18-17-28(32)24-34)33-31(36)16-9-5-8-13-26-11-6-4-7-12-26/h4,6-7,10-12,14-15,21,25,28-29H,5,8-9,13,16-20,22-24H2,1-3H3,(H-,33,35,36)/p+1/t28?,29-,32+,34-/m0/s1. The molecule has 196 valence electrons. The van der Waals surface area contributed by atoms with Crippen LogP contribution in [0, 0.1) is 11.8 Å². The first-order valence-corrected chi connectivity index (χ1v) is 14.2. The molecule has 4 rings (SSSR count). The largest absolute Gasteiger partial charge is 0.508 e. The summed E-state index contributed by atoms with van der Waals surface area (Å²) in [5, 5.41) is 13.7. The maximum absolute atomic E-state index is 12.9. The minimum absolute atomic E-state index is 0.0410. The zero-order valence-electron chi connectivity index (χ0n) is 22.7. The lowest BCUT2D eigenvalue weighted by Gasteiger charge is -2.55. The van der Waals surface area contributed by atoms with Crippen LogP contribution < -0.4 is 5.32 Å². The van der Waals surface area contributed by atoms with Gasteiger partial charge in [0.05, 0.1) is 26.7 Å². The van der Waals surface area contributed by atoms with Crippen LogP contribution in [0.15, 0.2) is 54.6 Å². The summed E-state index contributed by atoms with van der Waals surface area (Å²) in [5.74, 6) is 1.84. The number of carbonyl (C=O) groups excluding carboxylic acids is 1. The van der Waals surface area contributed by atoms with Gasteiger partial charge < -0.3 is 14.9 Å². The normalized spacial score (nSPS) is 28.0. The van der Waals surface area contributed by atoms with Crippen LogP contribution >= 0.6 is 0 Å². The number of aryl methyl sites for hydroxylation is 1. The van der Waals surface area contributed by atoms with E-state index >= 15 is 0 Å². The minimum atomic E-state index is 0.0410. The number of fused-ring (bicyclic) bond motifs is 1. The van der Waals surface area contributed by atoms with Crippen molar-refractivity contribution < 1.29 is 14.4 Å². The molecular weight excluding hydrogens is 444 g/mol. The number of rotatable bonds is 10. The van der Waals surface area contributed by atoms with E-state index in [1.165, 1.54) is 24.2 Å². The lowest BCUT2D eigenvalue weighted by Crippen LogP contribution is -2.62. The van der Waals surface area contributed by atoms with Gasteiger partial charge in [0.2, 0.25) is 5.91 Å². The molecule has 2 aromatic rings. The van der Waals surface area contributed by atoms with E-state index in [4.69, 9.17) is 0 Å². The van der Waals surface area contributed by atoms with Crippen molar-refractivity contribution in [2.24, 2.45) is 11.8 Å². The molecular formula is C32H47N2O2+. The Labute approximate surface area is 218 Å². The number of likely N-dealkylation sites (tertiary alicyclic amines) is 1. The van der Waals surface area contributed by atoms with Crippen molar-refractivity contribution >= 4 is 5.91 Å². The number of amides is 1. The number of phenols is 1. The molecule has 0 aromatic heterocycles. The predicted octanol–water partition coefficient (Wildman–Crippen LogP) is 6.22. The van der Waals surface area contributed by atoms with Crippen molar-refractivity contribution in [3.8, 4) is 5.75 Å². The average Bonchev–Trinajstić information content (AvgIpc) is 2.84. The predicted molar refractivity (Wildman–Crippen MR) is 148 cm³/mol. The lowest BCUT2D eigenvalue weighted by atomic mass is 9.57. The van der Waals surface area contributed by atoms with Gasteiger partial charge in [0.25, 0.3) is 0 Å². The SMILES string of the molecule is CC(C)C[N@+]1(C)CC[C@]2(c3cccc(O)c3)C[C@@H](NC(=O)CCCCCc3ccccc3)CCC2C1. The summed E-state index contributed by atoms with van der Waals surface area (Å²) in [4.78, 5) is 12.9. The molecule has 0 bridgehead atoms. The molecule has 1 amide bonds. The fraction of sp³-hybridized carbons (Fsp3) is 0.594. The summed E-state index contributed by atoms with van der Waals surface area (Å²) in [5.41, 5.74) is 2.69. The molecule has 1 unspecified atom stereocenters. The number of quaternary nitrogens is 1. The molecule has 2 N–H and O–H groups in total. The molecule has 4 heteroatoms. The van der Waals surface area contributed by atoms with Crippen molar-refractivity contribution in [2.45, 2.75) is 83.1 Å². The van der Waals surface area contributed by atoms with Crippen LogP contribution in [0.25, 0.3) is 0 Å². The lowest BCUT2D eigenvalue weighted by molar-refractivity contribution is -0.922. The van der Waals surface area contributed by atoms with Crippen LogP contribution in [0.1, 0.15) is 76.3 Å². The molecule has 1 aliphatic heterocycles. The summed E-state index contributed by atoms with van der Waals surface area (Å²) in [6, 6.07) is 18.8. The van der Waals surface area contributed by atoms with Gasteiger partial charge in [0, 0.05) is 36.1 Å². The van der Waals surface area contributed by atoms with Crippen LogP contribution in [-0.2, 0) is 16.6 Å². The molecule has 1 saturated heterocycles. The van der Waals surface area contributed by atoms with Crippen molar-refractivity contribution in [2.75, 3.05) is 26.7 Å². The second kappa shape index (κ2) is 11.8. The van der Waals surface area contributed by atoms with Crippen LogP contribution in [0.4, 0.5) is 0 Å². The molecule has 1 heterocycles. The number of hydrogen-bond acceptors (Lipinski definition) is 2. The summed E-state index contributed by atoms with van der Waals surface area (Å²) >= 11 is 0. The third-order valence-corrected chi connectivity index (χ3v) is 8.82. The van der Waals surface area contributed by atoms with E-state index in [1.54, 1.807) is 6.07 Å². The van der Waals surface area contributed by atoms with Gasteiger partial charge in [-0.25, -0.2) is 0 Å². The quantitative estimate of drug-likeness (QED) is 0.306. The van der Waals surface area contributed by atoms with Crippen LogP contribution in [0.2, 0.25) is 0 Å². The summed E-state index contributed by atoms with van der Waals surface area (Å²) < 4.78 is 1.14. The molecule has 0 spiro atoms. The first-order chi connectivity index (χ1) is 17.3. The topological polar surface area (TPSA) is 49.3 Å². The van der Waals surface area contributed by atoms with Gasteiger partial charge in [0.1, 0.15) is 5.75 Å². The molecule has 2 aromatic carbocycles. The highest BCUT2D eigenvalue weighted by Crippen LogP contribution is 2.50. The van der Waals surface area contributed by atoms with Crippen LogP contribution in [0.5, 0.6) is 5.75 Å². The summed E-state index contributed by atoms with van der Waals surface area (Å²) in [7, 11) is 2.43. The van der Waals surface area contributed by atoms with Gasteiger partial charge in [-0.1, -0.05) is 62.7 Å². The van der Waals surface area contributed by atoms with Gasteiger partial charge in [-0.05, 0) is 61.8 Å². The first-order valence-electron chi connectivity index (χ1n) is 14.2. The van der Waals surface area contributed by atoms with Crippen LogP contribution in [0.3, 0.4) is 0 Å². The Hall–Kier alpha value is -2.33. The maximum atomic E-state index is 12.9. The van der Waals surface area contributed by atoms with E-state index in [9.17, 15) is 9.90 Å². The van der Waals surface area contributed by atoms with E-state index in [2.05, 4.69) is 62.6 Å². The van der Waals surface area contributed by atoms with Gasteiger partial charge >= 0.3 is 0 Å². The highest BCUT2D eigenvalue weighted by molar-refractivity contribution is 5.76. The Bertz CT molecular complexity index is 991. The van der Waals surface area contributed by atoms with Gasteiger partial charge in [-0.3, -0.25) is 4.79 Å². The number of piperidine rings is 1.